The lowest BCUT2D eigenvalue weighted by atomic mass is 10.4. The SMILES string of the molecule is CCc1nc2ccc(=O)[nH]c2s1. The van der Waals surface area contributed by atoms with Crippen molar-refractivity contribution in [3.05, 3.63) is 27.5 Å². The van der Waals surface area contributed by atoms with Crippen molar-refractivity contribution in [3.8, 4) is 0 Å². The van der Waals surface area contributed by atoms with Gasteiger partial charge in [0.25, 0.3) is 0 Å². The van der Waals surface area contributed by atoms with E-state index in [4.69, 9.17) is 0 Å². The molecule has 2 rings (SSSR count). The number of H-pyrrole nitrogens is 1. The van der Waals surface area contributed by atoms with Crippen LogP contribution in [0.15, 0.2) is 16.9 Å². The molecule has 0 aliphatic heterocycles. The smallest absolute Gasteiger partial charge is 0.249 e. The number of hydrogen-bond donors (Lipinski definition) is 1. The lowest BCUT2D eigenvalue weighted by Crippen LogP contribution is -2.00. The zero-order valence-electron chi connectivity index (χ0n) is 6.63. The van der Waals surface area contributed by atoms with Crippen LogP contribution in [0.4, 0.5) is 0 Å². The van der Waals surface area contributed by atoms with E-state index in [0.717, 1.165) is 21.8 Å². The van der Waals surface area contributed by atoms with Crippen molar-refractivity contribution < 1.29 is 0 Å². The molecule has 0 fully saturated rings. The van der Waals surface area contributed by atoms with Crippen LogP contribution in [-0.2, 0) is 6.42 Å². The number of aryl methyl sites for hydroxylation is 1. The fourth-order valence-corrected chi connectivity index (χ4v) is 1.93. The molecule has 0 saturated carbocycles. The minimum atomic E-state index is -0.0613. The Labute approximate surface area is 73.1 Å². The van der Waals surface area contributed by atoms with E-state index in [9.17, 15) is 4.79 Å². The van der Waals surface area contributed by atoms with Gasteiger partial charge in [0.15, 0.2) is 0 Å². The molecule has 0 unspecified atom stereocenters. The number of pyridine rings is 1. The fourth-order valence-electron chi connectivity index (χ4n) is 1.04. The Morgan fingerprint density at radius 1 is 1.58 bits per heavy atom. The van der Waals surface area contributed by atoms with E-state index >= 15 is 0 Å². The molecule has 3 nitrogen and oxygen atoms in total. The predicted molar refractivity (Wildman–Crippen MR) is 49.6 cm³/mol. The van der Waals surface area contributed by atoms with Crippen molar-refractivity contribution in [2.24, 2.45) is 0 Å². The zero-order chi connectivity index (χ0) is 8.55. The van der Waals surface area contributed by atoms with Crippen molar-refractivity contribution >= 4 is 21.7 Å². The lowest BCUT2D eigenvalue weighted by Gasteiger charge is -1.82. The molecule has 4 heteroatoms. The molecular weight excluding hydrogens is 172 g/mol. The summed E-state index contributed by atoms with van der Waals surface area (Å²) in [6.07, 6.45) is 0.918. The van der Waals surface area contributed by atoms with Gasteiger partial charge < -0.3 is 4.98 Å². The molecule has 62 valence electrons. The van der Waals surface area contributed by atoms with E-state index in [2.05, 4.69) is 16.9 Å². The Morgan fingerprint density at radius 2 is 2.42 bits per heavy atom. The van der Waals surface area contributed by atoms with Crippen molar-refractivity contribution in [2.45, 2.75) is 13.3 Å². The normalized spacial score (nSPS) is 10.8. The van der Waals surface area contributed by atoms with E-state index in [0.29, 0.717) is 0 Å². The van der Waals surface area contributed by atoms with Crippen LogP contribution in [0.25, 0.3) is 10.3 Å². The molecule has 0 saturated heterocycles. The first-order chi connectivity index (χ1) is 5.79. The minimum absolute atomic E-state index is 0.0613. The van der Waals surface area contributed by atoms with Crippen LogP contribution in [0.3, 0.4) is 0 Å². The number of thiazole rings is 1. The first-order valence-corrected chi connectivity index (χ1v) is 4.60. The van der Waals surface area contributed by atoms with E-state index in [1.54, 1.807) is 17.4 Å². The largest absolute Gasteiger partial charge is 0.312 e. The third-order valence-electron chi connectivity index (χ3n) is 1.63. The van der Waals surface area contributed by atoms with Gasteiger partial charge in [-0.05, 0) is 12.5 Å². The summed E-state index contributed by atoms with van der Waals surface area (Å²) in [5.74, 6) is 0. The zero-order valence-corrected chi connectivity index (χ0v) is 7.44. The Morgan fingerprint density at radius 3 is 3.17 bits per heavy atom. The molecule has 2 heterocycles. The maximum absolute atomic E-state index is 10.9. The number of fused-ring (bicyclic) bond motifs is 1. The summed E-state index contributed by atoms with van der Waals surface area (Å²) in [5, 5.41) is 1.06. The highest BCUT2D eigenvalue weighted by molar-refractivity contribution is 7.18. The van der Waals surface area contributed by atoms with Crippen LogP contribution in [0.2, 0.25) is 0 Å². The summed E-state index contributed by atoms with van der Waals surface area (Å²) in [4.78, 5) is 18.8. The highest BCUT2D eigenvalue weighted by atomic mass is 32.1. The van der Waals surface area contributed by atoms with Gasteiger partial charge in [-0.25, -0.2) is 4.98 Å². The first kappa shape index (κ1) is 7.49. The fraction of sp³-hybridized carbons (Fsp3) is 0.250. The molecule has 0 aliphatic carbocycles. The predicted octanol–water partition coefficient (Wildman–Crippen LogP) is 1.55. The molecule has 0 radical (unpaired) electrons. The summed E-state index contributed by atoms with van der Waals surface area (Å²) in [6.45, 7) is 2.05. The van der Waals surface area contributed by atoms with Gasteiger partial charge in [0.05, 0.1) is 10.5 Å². The van der Waals surface area contributed by atoms with Gasteiger partial charge in [-0.3, -0.25) is 4.79 Å². The van der Waals surface area contributed by atoms with Gasteiger partial charge in [0.2, 0.25) is 5.56 Å². The molecule has 0 spiro atoms. The molecule has 12 heavy (non-hydrogen) atoms. The van der Waals surface area contributed by atoms with Crippen LogP contribution >= 0.6 is 11.3 Å². The van der Waals surface area contributed by atoms with Crippen molar-refractivity contribution in [1.29, 1.82) is 0 Å². The number of aromatic amines is 1. The number of rotatable bonds is 1. The van der Waals surface area contributed by atoms with Crippen LogP contribution in [0.1, 0.15) is 11.9 Å². The minimum Gasteiger partial charge on any atom is -0.312 e. The number of nitrogens with zero attached hydrogens (tertiary/aromatic N) is 1. The summed E-state index contributed by atoms with van der Waals surface area (Å²) < 4.78 is 0. The molecule has 0 atom stereocenters. The van der Waals surface area contributed by atoms with Gasteiger partial charge in [-0.1, -0.05) is 6.92 Å². The average Bonchev–Trinajstić information content (AvgIpc) is 2.46. The second kappa shape index (κ2) is 2.71. The van der Waals surface area contributed by atoms with E-state index < -0.39 is 0 Å². The van der Waals surface area contributed by atoms with Crippen LogP contribution in [-0.4, -0.2) is 9.97 Å². The maximum Gasteiger partial charge on any atom is 0.249 e. The van der Waals surface area contributed by atoms with Gasteiger partial charge in [-0.2, -0.15) is 0 Å². The first-order valence-electron chi connectivity index (χ1n) is 3.78. The summed E-state index contributed by atoms with van der Waals surface area (Å²) >= 11 is 1.54. The highest BCUT2D eigenvalue weighted by Gasteiger charge is 2.01. The van der Waals surface area contributed by atoms with E-state index in [1.165, 1.54) is 6.07 Å². The summed E-state index contributed by atoms with van der Waals surface area (Å²) in [6, 6.07) is 3.26. The van der Waals surface area contributed by atoms with Crippen LogP contribution < -0.4 is 5.56 Å². The summed E-state index contributed by atoms with van der Waals surface area (Å²) in [5.41, 5.74) is 0.824. The average molecular weight is 180 g/mol. The lowest BCUT2D eigenvalue weighted by molar-refractivity contribution is 1.11. The Bertz CT molecular complexity index is 457. The van der Waals surface area contributed by atoms with Gasteiger partial charge in [-0.15, -0.1) is 11.3 Å². The molecule has 0 bridgehead atoms. The van der Waals surface area contributed by atoms with Gasteiger partial charge in [0.1, 0.15) is 4.83 Å². The van der Waals surface area contributed by atoms with Crippen LogP contribution in [0.5, 0.6) is 0 Å². The quantitative estimate of drug-likeness (QED) is 0.723. The topological polar surface area (TPSA) is 45.8 Å². The molecule has 0 amide bonds. The number of hydrogen-bond acceptors (Lipinski definition) is 3. The maximum atomic E-state index is 10.9. The van der Waals surface area contributed by atoms with Crippen molar-refractivity contribution in [3.63, 3.8) is 0 Å². The molecule has 1 N–H and O–H groups in total. The second-order valence-electron chi connectivity index (χ2n) is 2.50. The van der Waals surface area contributed by atoms with Crippen molar-refractivity contribution in [1.82, 2.24) is 9.97 Å². The third kappa shape index (κ3) is 1.14. The Hall–Kier alpha value is -1.16. The molecule has 0 aromatic carbocycles. The molecular formula is C8H8N2OS. The molecule has 2 aromatic heterocycles. The van der Waals surface area contributed by atoms with Gasteiger partial charge >= 0.3 is 0 Å². The monoisotopic (exact) mass is 180 g/mol. The molecule has 0 aliphatic rings. The highest BCUT2D eigenvalue weighted by Crippen LogP contribution is 2.17. The molecule has 2 aromatic rings. The van der Waals surface area contributed by atoms with Gasteiger partial charge in [0, 0.05) is 6.07 Å². The standard InChI is InChI=1S/C8H8N2OS/c1-2-7-9-5-3-4-6(11)10-8(5)12-7/h3-4H,2H2,1H3,(H,10,11). The Kier molecular flexibility index (Phi) is 1.69. The second-order valence-corrected chi connectivity index (χ2v) is 3.58. The van der Waals surface area contributed by atoms with Crippen molar-refractivity contribution in [2.75, 3.05) is 0 Å². The van der Waals surface area contributed by atoms with E-state index in [1.807, 2.05) is 0 Å². The number of nitrogens with one attached hydrogen (secondary N) is 1. The summed E-state index contributed by atoms with van der Waals surface area (Å²) in [7, 11) is 0. The third-order valence-corrected chi connectivity index (χ3v) is 2.76. The Balaban J connectivity index is 2.75. The van der Waals surface area contributed by atoms with Crippen LogP contribution in [0, 0.1) is 0 Å². The van der Waals surface area contributed by atoms with E-state index in [-0.39, 0.29) is 5.56 Å². The number of aromatic nitrogens is 2.